The molecule has 0 aliphatic heterocycles. The number of hydrogen-bond acceptors (Lipinski definition) is 3. The van der Waals surface area contributed by atoms with E-state index in [1.54, 1.807) is 24.5 Å². The van der Waals surface area contributed by atoms with E-state index in [0.29, 0.717) is 5.02 Å². The quantitative estimate of drug-likeness (QED) is 0.914. The van der Waals surface area contributed by atoms with Crippen molar-refractivity contribution in [2.24, 2.45) is 0 Å². The second-order valence-corrected chi connectivity index (χ2v) is 6.07. The van der Waals surface area contributed by atoms with Gasteiger partial charge in [0.15, 0.2) is 5.75 Å². The molecule has 0 bridgehead atoms. The highest BCUT2D eigenvalue weighted by molar-refractivity contribution is 6.37. The lowest BCUT2D eigenvalue weighted by atomic mass is 9.95. The van der Waals surface area contributed by atoms with Gasteiger partial charge in [0, 0.05) is 12.4 Å². The number of hydrogen-bond donors (Lipinski definition) is 1. The predicted octanol–water partition coefficient (Wildman–Crippen LogP) is 4.06. The van der Waals surface area contributed by atoms with E-state index >= 15 is 0 Å². The molecule has 0 saturated carbocycles. The van der Waals surface area contributed by atoms with Gasteiger partial charge in [-0.25, -0.2) is 0 Å². The van der Waals surface area contributed by atoms with E-state index in [9.17, 15) is 4.79 Å². The van der Waals surface area contributed by atoms with Crippen LogP contribution in [0.3, 0.4) is 0 Å². The van der Waals surface area contributed by atoms with Crippen LogP contribution < -0.4 is 10.1 Å². The fourth-order valence-corrected chi connectivity index (χ4v) is 2.56. The number of nitrogens with one attached hydrogen (secondary N) is 1. The molecule has 0 saturated heterocycles. The van der Waals surface area contributed by atoms with Crippen LogP contribution in [0.2, 0.25) is 10.0 Å². The summed E-state index contributed by atoms with van der Waals surface area (Å²) in [5.74, 6) is -0.105. The van der Waals surface area contributed by atoms with Crippen molar-refractivity contribution >= 4 is 29.1 Å². The van der Waals surface area contributed by atoms with Crippen molar-refractivity contribution in [2.45, 2.75) is 19.4 Å². The number of aromatic nitrogens is 1. The van der Waals surface area contributed by atoms with Crippen LogP contribution >= 0.6 is 23.2 Å². The van der Waals surface area contributed by atoms with Crippen molar-refractivity contribution in [3.63, 3.8) is 0 Å². The molecule has 6 heteroatoms. The smallest absolute Gasteiger partial charge is 0.257 e. The number of benzene rings is 1. The zero-order chi connectivity index (χ0) is 16.3. The molecule has 0 aliphatic carbocycles. The van der Waals surface area contributed by atoms with Gasteiger partial charge in [-0.1, -0.05) is 29.3 Å². The van der Waals surface area contributed by atoms with Crippen LogP contribution in [-0.2, 0) is 5.54 Å². The van der Waals surface area contributed by atoms with Gasteiger partial charge in [-0.05, 0) is 37.6 Å². The number of carbonyl (C=O) groups is 1. The van der Waals surface area contributed by atoms with Crippen molar-refractivity contribution < 1.29 is 9.53 Å². The maximum Gasteiger partial charge on any atom is 0.257 e. The van der Waals surface area contributed by atoms with E-state index in [0.717, 1.165) is 5.56 Å². The third-order valence-electron chi connectivity index (χ3n) is 3.30. The predicted molar refractivity (Wildman–Crippen MR) is 87.7 cm³/mol. The first-order valence-corrected chi connectivity index (χ1v) is 7.37. The molecule has 0 spiro atoms. The van der Waals surface area contributed by atoms with Gasteiger partial charge in [0.1, 0.15) is 5.56 Å². The van der Waals surface area contributed by atoms with E-state index in [2.05, 4.69) is 10.3 Å². The standard InChI is InChI=1S/C16H16Cl2N2O2/c1-16(2,10-5-4-8-19-9-10)20-15(21)13-11(17)6-7-12(18)14(13)22-3/h4-9H,1-3H3,(H,20,21). The summed E-state index contributed by atoms with van der Waals surface area (Å²) in [6.07, 6.45) is 3.38. The van der Waals surface area contributed by atoms with Gasteiger partial charge in [0.25, 0.3) is 5.91 Å². The maximum absolute atomic E-state index is 12.6. The average molecular weight is 339 g/mol. The maximum atomic E-state index is 12.6. The Hall–Kier alpha value is -1.78. The normalized spacial score (nSPS) is 11.1. The topological polar surface area (TPSA) is 51.2 Å². The number of pyridine rings is 1. The Kier molecular flexibility index (Phi) is 4.94. The van der Waals surface area contributed by atoms with Gasteiger partial charge in [0.05, 0.1) is 22.7 Å². The van der Waals surface area contributed by atoms with E-state index in [1.165, 1.54) is 7.11 Å². The molecular weight excluding hydrogens is 323 g/mol. The largest absolute Gasteiger partial charge is 0.494 e. The lowest BCUT2D eigenvalue weighted by Crippen LogP contribution is -2.41. The van der Waals surface area contributed by atoms with Gasteiger partial charge >= 0.3 is 0 Å². The summed E-state index contributed by atoms with van der Waals surface area (Å²) in [4.78, 5) is 16.7. The molecule has 2 rings (SSSR count). The van der Waals surface area contributed by atoms with Crippen LogP contribution in [0.15, 0.2) is 36.7 Å². The fourth-order valence-electron chi connectivity index (χ4n) is 2.10. The number of rotatable bonds is 4. The molecule has 1 heterocycles. The molecular formula is C16H16Cl2N2O2. The molecule has 1 N–H and O–H groups in total. The monoisotopic (exact) mass is 338 g/mol. The van der Waals surface area contributed by atoms with Crippen molar-refractivity contribution in [2.75, 3.05) is 7.11 Å². The summed E-state index contributed by atoms with van der Waals surface area (Å²) >= 11 is 12.2. The number of ether oxygens (including phenoxy) is 1. The Labute approximate surface area is 139 Å². The summed E-state index contributed by atoms with van der Waals surface area (Å²) in [5, 5.41) is 3.54. The van der Waals surface area contributed by atoms with Crippen molar-refractivity contribution in [3.8, 4) is 5.75 Å². The van der Waals surface area contributed by atoms with Crippen LogP contribution in [0.25, 0.3) is 0 Å². The highest BCUT2D eigenvalue weighted by Gasteiger charge is 2.27. The van der Waals surface area contributed by atoms with E-state index in [1.807, 2.05) is 26.0 Å². The highest BCUT2D eigenvalue weighted by atomic mass is 35.5. The van der Waals surface area contributed by atoms with Crippen LogP contribution in [-0.4, -0.2) is 18.0 Å². The third-order valence-corrected chi connectivity index (χ3v) is 3.91. The summed E-state index contributed by atoms with van der Waals surface area (Å²) in [5.41, 5.74) is 0.469. The second kappa shape index (κ2) is 6.55. The fraction of sp³-hybridized carbons (Fsp3) is 0.250. The van der Waals surface area contributed by atoms with Crippen molar-refractivity contribution in [1.82, 2.24) is 10.3 Å². The minimum absolute atomic E-state index is 0.216. The second-order valence-electron chi connectivity index (χ2n) is 5.26. The Morgan fingerprint density at radius 2 is 1.91 bits per heavy atom. The summed E-state index contributed by atoms with van der Waals surface area (Å²) in [6, 6.07) is 6.87. The summed E-state index contributed by atoms with van der Waals surface area (Å²) in [7, 11) is 1.45. The molecule has 2 aromatic rings. The zero-order valence-corrected chi connectivity index (χ0v) is 14.0. The number of methoxy groups -OCH3 is 1. The summed E-state index contributed by atoms with van der Waals surface area (Å²) < 4.78 is 5.21. The first kappa shape index (κ1) is 16.6. The molecule has 0 unspecified atom stereocenters. The highest BCUT2D eigenvalue weighted by Crippen LogP contribution is 2.34. The number of nitrogens with zero attached hydrogens (tertiary/aromatic N) is 1. The molecule has 0 fully saturated rings. The van der Waals surface area contributed by atoms with Crippen LogP contribution in [0, 0.1) is 0 Å². The Bertz CT molecular complexity index is 688. The molecule has 116 valence electrons. The minimum Gasteiger partial charge on any atom is -0.494 e. The molecule has 1 amide bonds. The third kappa shape index (κ3) is 3.34. The molecule has 0 atom stereocenters. The minimum atomic E-state index is -0.623. The van der Waals surface area contributed by atoms with Gasteiger partial charge in [-0.15, -0.1) is 0 Å². The first-order chi connectivity index (χ1) is 10.4. The average Bonchev–Trinajstić information content (AvgIpc) is 2.49. The molecule has 1 aromatic heterocycles. The number of halogens is 2. The van der Waals surface area contributed by atoms with Gasteiger partial charge in [0.2, 0.25) is 0 Å². The molecule has 0 aliphatic rings. The Balaban J connectivity index is 2.36. The van der Waals surface area contributed by atoms with E-state index in [4.69, 9.17) is 27.9 Å². The SMILES string of the molecule is COc1c(Cl)ccc(Cl)c1C(=O)NC(C)(C)c1cccnc1. The Morgan fingerprint density at radius 1 is 1.23 bits per heavy atom. The first-order valence-electron chi connectivity index (χ1n) is 6.62. The molecule has 4 nitrogen and oxygen atoms in total. The van der Waals surface area contributed by atoms with Crippen LogP contribution in [0.4, 0.5) is 0 Å². The number of amides is 1. The van der Waals surface area contributed by atoms with Crippen molar-refractivity contribution in [3.05, 3.63) is 57.8 Å². The van der Waals surface area contributed by atoms with Crippen molar-refractivity contribution in [1.29, 1.82) is 0 Å². The molecule has 22 heavy (non-hydrogen) atoms. The lowest BCUT2D eigenvalue weighted by molar-refractivity contribution is 0.0909. The zero-order valence-electron chi connectivity index (χ0n) is 12.5. The summed E-state index contributed by atoms with van der Waals surface area (Å²) in [6.45, 7) is 3.76. The van der Waals surface area contributed by atoms with E-state index < -0.39 is 5.54 Å². The van der Waals surface area contributed by atoms with E-state index in [-0.39, 0.29) is 22.2 Å². The van der Waals surface area contributed by atoms with Crippen LogP contribution in [0.1, 0.15) is 29.8 Å². The van der Waals surface area contributed by atoms with Gasteiger partial charge in [-0.2, -0.15) is 0 Å². The molecule has 1 aromatic carbocycles. The van der Waals surface area contributed by atoms with Gasteiger partial charge < -0.3 is 10.1 Å². The van der Waals surface area contributed by atoms with Gasteiger partial charge in [-0.3, -0.25) is 9.78 Å². The lowest BCUT2D eigenvalue weighted by Gasteiger charge is -2.27. The molecule has 0 radical (unpaired) electrons. The van der Waals surface area contributed by atoms with Crippen LogP contribution in [0.5, 0.6) is 5.75 Å². The number of carbonyl (C=O) groups excluding carboxylic acids is 1. The Morgan fingerprint density at radius 3 is 2.50 bits per heavy atom.